The van der Waals surface area contributed by atoms with Gasteiger partial charge in [-0.05, 0) is 117 Å². The molecule has 0 aromatic heterocycles. The maximum absolute atomic E-state index is 15.4. The molecule has 0 spiro atoms. The first kappa shape index (κ1) is 105. The number of nitrogens with one attached hydrogen (secondary N) is 14. The lowest BCUT2D eigenvalue weighted by molar-refractivity contribution is -0.143. The molecule has 44 nitrogen and oxygen atoms in total. The van der Waals surface area contributed by atoms with Gasteiger partial charge in [0.1, 0.15) is 84.6 Å². The second-order valence-electron chi connectivity index (χ2n) is 34.1. The van der Waals surface area contributed by atoms with E-state index in [1.54, 1.807) is 88.7 Å². The van der Waals surface area contributed by atoms with Crippen LogP contribution >= 0.6 is 11.8 Å². The molecule has 2 heterocycles. The lowest BCUT2D eigenvalue weighted by Crippen LogP contribution is -2.63. The van der Waals surface area contributed by atoms with Gasteiger partial charge in [-0.3, -0.25) is 106 Å². The number of hydrogen-bond acceptors (Lipinski definition) is 25. The molecule has 17 atom stereocenters. The van der Waals surface area contributed by atoms with Crippen LogP contribution < -0.4 is 91.6 Å². The fraction of sp³-hybridized carbons (Fsp3) is 0.512. The molecule has 0 saturated heterocycles. The zero-order valence-corrected chi connectivity index (χ0v) is 74.5. The van der Waals surface area contributed by atoms with Crippen molar-refractivity contribution in [1.82, 2.24) is 84.2 Å². The second kappa shape index (κ2) is 48.9. The van der Waals surface area contributed by atoms with Crippen LogP contribution in [0.5, 0.6) is 0 Å². The Morgan fingerprint density at radius 2 is 0.931 bits per heavy atom. The van der Waals surface area contributed by atoms with E-state index in [1.165, 1.54) is 60.8 Å². The highest BCUT2D eigenvalue weighted by Crippen LogP contribution is 2.32. The number of nitrogens with two attached hydrogens (primary N) is 3. The average Bonchev–Trinajstić information content (AvgIpc) is 0.797. The van der Waals surface area contributed by atoms with Crippen molar-refractivity contribution >= 4 is 141 Å². The minimum atomic E-state index is -2.21. The number of carboxylic acid groups (broad SMARTS) is 4. The summed E-state index contributed by atoms with van der Waals surface area (Å²) in [5.74, 6) is -26.6. The summed E-state index contributed by atoms with van der Waals surface area (Å²) in [7, 11) is 3.06. The topological polar surface area (TPSA) is 696 Å². The molecule has 4 aromatic rings. The number of fused-ring (bicyclic) bond motifs is 6. The van der Waals surface area contributed by atoms with E-state index in [1.807, 2.05) is 0 Å². The molecule has 7 rings (SSSR count). The predicted octanol–water partition coefficient (Wildman–Crippen LogP) is -5.13. The first-order valence-corrected chi connectivity index (χ1v) is 43.5. The fourth-order valence-electron chi connectivity index (χ4n) is 14.7. The zero-order valence-electron chi connectivity index (χ0n) is 73.6. The highest BCUT2D eigenvalue weighted by molar-refractivity contribution is 7.98. The largest absolute Gasteiger partial charge is 0.481 e. The van der Waals surface area contributed by atoms with Crippen molar-refractivity contribution < 1.29 is 121 Å². The van der Waals surface area contributed by atoms with Gasteiger partial charge in [0.05, 0.1) is 31.4 Å². The van der Waals surface area contributed by atoms with E-state index < -0.39 is 290 Å². The number of hydrogen-bond donors (Lipinski definition) is 22. The molecule has 1 unspecified atom stereocenters. The lowest BCUT2D eigenvalue weighted by Gasteiger charge is -2.36. The van der Waals surface area contributed by atoms with Gasteiger partial charge < -0.3 is 117 Å². The molecule has 2 aliphatic heterocycles. The Kier molecular flexibility index (Phi) is 39.1. The number of aliphatic carboxylic acids is 4. The standard InChI is InChI=1S/C86H117N19O25S/c1-42(87)72(117)101-62-39-105(8)37-47-27-46-28-48(29-47)40-131-41-63(102-74(119)44(3)90-77(122)56(31-50-19-14-18-49-17-12-13-20-52(49)50)96-75(120)53(22-25-66(108)109)92-80(125)58(33-65(88)107)94-73(118)43(2)91-83(62)128)84(129)93-54(23-26-67(110)111)76(121)98-59(34-68(112)113)81(126)95-55(30-45-15-10-9-11-16-45)78(123)97-57(32-51-21-24-64(51)106)79(124)99-60(35-69(114)115)82(127)103-70(86(4,5)6)85(130)100-61(71(89)116)38-104(7)36-46/h9-20,27-29,42-44,51,53-64,70,106H,21-26,30-41,87H2,1-8H3,(H2,88,107)(H2,89,116)(H,90,122)(H,91,128)(H,92,125)(H,93,129)(H,94,118)(H,95,126)(H,96,120)(H,97,123)(H,98,121)(H,99,124)(H,100,130)(H,101,117)(H,102,119)(H,103,127)(H,108,109)(H,110,111)(H,112,113)(H,114,115)/t42-,43+,44+,51?,53-,54-,55-,56-,57-,58-,59-,60-,61-,62-,63+,64-,70+/m0/s1. The number of carboxylic acids is 4. The number of thioether (sulfide) groups is 1. The van der Waals surface area contributed by atoms with Gasteiger partial charge >= 0.3 is 23.9 Å². The monoisotopic (exact) mass is 1850 g/mol. The highest BCUT2D eigenvalue weighted by atomic mass is 32.2. The van der Waals surface area contributed by atoms with Crippen molar-refractivity contribution in [3.05, 3.63) is 119 Å². The summed E-state index contributed by atoms with van der Waals surface area (Å²) < 4.78 is 0. The number of aliphatic hydroxyl groups is 1. The van der Waals surface area contributed by atoms with Crippen molar-refractivity contribution in [2.45, 2.75) is 234 Å². The third-order valence-corrected chi connectivity index (χ3v) is 22.9. The van der Waals surface area contributed by atoms with E-state index in [9.17, 15) is 107 Å². The molecular formula is C86H117N19O25S. The number of nitrogens with zero attached hydrogens (tertiary/aromatic N) is 2. The van der Waals surface area contributed by atoms with Gasteiger partial charge in [-0.25, -0.2) is 0 Å². The van der Waals surface area contributed by atoms with Gasteiger partial charge in [-0.15, -0.1) is 0 Å². The molecular weight excluding hydrogens is 1730 g/mol. The maximum atomic E-state index is 15.4. The summed E-state index contributed by atoms with van der Waals surface area (Å²) in [4.78, 5) is 285. The Morgan fingerprint density at radius 1 is 0.481 bits per heavy atom. The van der Waals surface area contributed by atoms with E-state index in [2.05, 4.69) is 74.4 Å². The Labute approximate surface area is 757 Å². The molecule has 4 aromatic carbocycles. The Morgan fingerprint density at radius 3 is 1.46 bits per heavy atom. The third-order valence-electron chi connectivity index (χ3n) is 21.8. The van der Waals surface area contributed by atoms with Crippen LogP contribution in [0.15, 0.2) is 91.0 Å². The number of aliphatic hydroxyl groups excluding tert-OH is 1. The number of amides is 16. The number of benzene rings is 4. The average molecular weight is 1850 g/mol. The van der Waals surface area contributed by atoms with Crippen molar-refractivity contribution in [3.8, 4) is 0 Å². The minimum absolute atomic E-state index is 0.117. The van der Waals surface area contributed by atoms with Crippen LogP contribution in [0.3, 0.4) is 0 Å². The van der Waals surface area contributed by atoms with E-state index in [4.69, 9.17) is 17.2 Å². The van der Waals surface area contributed by atoms with Crippen LogP contribution in [-0.2, 0) is 128 Å². The lowest BCUT2D eigenvalue weighted by atomic mass is 9.77. The Bertz CT molecular complexity index is 4900. The van der Waals surface area contributed by atoms with Crippen molar-refractivity contribution in [2.24, 2.45) is 28.5 Å². The number of carbonyl (C=O) groups excluding carboxylic acids is 16. The number of carbonyl (C=O) groups is 20. The van der Waals surface area contributed by atoms with Gasteiger partial charge in [0.2, 0.25) is 94.5 Å². The van der Waals surface area contributed by atoms with Crippen LogP contribution in [0.2, 0.25) is 0 Å². The molecule has 3 aliphatic rings. The quantitative estimate of drug-likeness (QED) is 0.0371. The predicted molar refractivity (Wildman–Crippen MR) is 469 cm³/mol. The van der Waals surface area contributed by atoms with Crippen LogP contribution in [0.25, 0.3) is 10.8 Å². The molecule has 4 bridgehead atoms. The number of primary amides is 2. The molecule has 1 fully saturated rings. The van der Waals surface area contributed by atoms with Crippen LogP contribution in [0.4, 0.5) is 0 Å². The number of likely N-dealkylation sites (N-methyl/N-ethyl adjacent to an activating group) is 2. The molecule has 25 N–H and O–H groups in total. The van der Waals surface area contributed by atoms with E-state index in [0.717, 1.165) is 18.7 Å². The smallest absolute Gasteiger partial charge is 0.305 e. The molecule has 712 valence electrons. The van der Waals surface area contributed by atoms with Crippen molar-refractivity contribution in [2.75, 3.05) is 32.9 Å². The van der Waals surface area contributed by atoms with Crippen molar-refractivity contribution in [1.29, 1.82) is 0 Å². The van der Waals surface area contributed by atoms with Crippen LogP contribution in [0.1, 0.15) is 134 Å². The summed E-state index contributed by atoms with van der Waals surface area (Å²) in [6.07, 6.45) is -8.35. The Balaban J connectivity index is 1.41. The normalized spacial score (nSPS) is 26.0. The zero-order chi connectivity index (χ0) is 97.0. The second-order valence-corrected chi connectivity index (χ2v) is 35.1. The minimum Gasteiger partial charge on any atom is -0.481 e. The third kappa shape index (κ3) is 33.3. The molecule has 1 saturated carbocycles. The summed E-state index contributed by atoms with van der Waals surface area (Å²) in [5.41, 5.74) is 18.3. The van der Waals surface area contributed by atoms with Crippen molar-refractivity contribution in [3.63, 3.8) is 0 Å². The first-order chi connectivity index (χ1) is 61.6. The maximum Gasteiger partial charge on any atom is 0.305 e. The van der Waals surface area contributed by atoms with Crippen LogP contribution in [0, 0.1) is 11.3 Å². The molecule has 131 heavy (non-hydrogen) atoms. The first-order valence-electron chi connectivity index (χ1n) is 42.3. The van der Waals surface area contributed by atoms with E-state index >= 15 is 14.4 Å². The van der Waals surface area contributed by atoms with E-state index in [0.29, 0.717) is 45.0 Å². The highest BCUT2D eigenvalue weighted by Gasteiger charge is 2.43. The summed E-state index contributed by atoms with van der Waals surface area (Å²) in [5, 5.41) is 87.0. The van der Waals surface area contributed by atoms with Gasteiger partial charge in [-0.1, -0.05) is 112 Å². The SMILES string of the molecule is C[C@H](N)C(=O)N[C@H]1CN(C)Cc2cc3cc(c2)CN(C)C[C@@H](C(N)=O)NC(=O)[C@H](C(C)(C)C)NC(=O)[C@H](CC(=O)O)NC(=O)[C@H](CC2CC[C@@H]2O)NC(=O)[C@H](Cc2ccccc2)NC(=O)[C@H](CC(=O)O)NC(=O)[C@H](CCC(=O)O)NC(=O)[C@@H](CSC3)NC(=O)[C@@H](C)NC(=O)[C@H](Cc2cccc3ccccc23)NC(=O)[C@H](CCC(=O)O)NC(=O)[C@H](CC(N)=O)NC(=O)[C@@H](C)NC1=O. The summed E-state index contributed by atoms with van der Waals surface area (Å²) in [6.45, 7) is 7.20. The Hall–Kier alpha value is -13.3. The number of rotatable bonds is 21. The molecule has 45 heteroatoms. The van der Waals surface area contributed by atoms with E-state index in [-0.39, 0.29) is 44.8 Å². The van der Waals surface area contributed by atoms with Gasteiger partial charge in [0.25, 0.3) is 0 Å². The van der Waals surface area contributed by atoms with Gasteiger partial charge in [0, 0.05) is 63.4 Å². The molecule has 16 amide bonds. The van der Waals surface area contributed by atoms with Gasteiger partial charge in [-0.2, -0.15) is 11.8 Å². The fourth-order valence-corrected chi connectivity index (χ4v) is 15.7. The summed E-state index contributed by atoms with van der Waals surface area (Å²) in [6, 6.07) is -2.16. The van der Waals surface area contributed by atoms with Gasteiger partial charge in [0.15, 0.2) is 0 Å². The molecule has 1 aliphatic carbocycles. The molecule has 0 radical (unpaired) electrons. The van der Waals surface area contributed by atoms with Crippen LogP contribution in [-0.4, -0.2) is 283 Å². The summed E-state index contributed by atoms with van der Waals surface area (Å²) >= 11 is 0.945.